The van der Waals surface area contributed by atoms with Gasteiger partial charge in [-0.3, -0.25) is 9.59 Å². The summed E-state index contributed by atoms with van der Waals surface area (Å²) < 4.78 is 10.7. The van der Waals surface area contributed by atoms with Gasteiger partial charge in [-0.1, -0.05) is 17.3 Å². The van der Waals surface area contributed by atoms with E-state index in [2.05, 4.69) is 20.8 Å². The van der Waals surface area contributed by atoms with Crippen molar-refractivity contribution in [2.75, 3.05) is 17.7 Å². The number of para-hydroxylation sites is 2. The lowest BCUT2D eigenvalue weighted by Gasteiger charge is -2.11. The Kier molecular flexibility index (Phi) is 6.22. The highest BCUT2D eigenvalue weighted by atomic mass is 32.1. The number of carbonyl (C=O) groups excluding carboxylic acids is 2. The second-order valence-electron chi connectivity index (χ2n) is 8.10. The molecular formula is C27H22N4O4S. The highest BCUT2D eigenvalue weighted by molar-refractivity contribution is 7.15. The van der Waals surface area contributed by atoms with Gasteiger partial charge in [-0.05, 0) is 68.4 Å². The van der Waals surface area contributed by atoms with E-state index in [1.807, 2.05) is 31.2 Å². The zero-order valence-corrected chi connectivity index (χ0v) is 20.6. The van der Waals surface area contributed by atoms with E-state index < -0.39 is 0 Å². The molecule has 2 aromatic carbocycles. The monoisotopic (exact) mass is 498 g/mol. The van der Waals surface area contributed by atoms with Crippen LogP contribution in [0, 0.1) is 13.8 Å². The molecule has 2 N–H and O–H groups in total. The Morgan fingerprint density at radius 1 is 0.944 bits per heavy atom. The minimum absolute atomic E-state index is 0.288. The molecule has 0 fully saturated rings. The number of carbonyl (C=O) groups is 2. The van der Waals surface area contributed by atoms with Crippen molar-refractivity contribution < 1.29 is 18.8 Å². The Morgan fingerprint density at radius 3 is 2.44 bits per heavy atom. The Bertz CT molecular complexity index is 1590. The molecule has 0 aliphatic carbocycles. The SMILES string of the molecule is COc1ccccc1NC(=O)c1ccc(NC(=O)c2cc(-c3ccc(C)s3)nc3onc(C)c23)cc1. The highest BCUT2D eigenvalue weighted by Gasteiger charge is 2.20. The molecule has 0 aliphatic heterocycles. The van der Waals surface area contributed by atoms with Crippen LogP contribution in [0.1, 0.15) is 31.3 Å². The third-order valence-electron chi connectivity index (χ3n) is 5.61. The number of nitrogens with one attached hydrogen (secondary N) is 2. The molecule has 36 heavy (non-hydrogen) atoms. The van der Waals surface area contributed by atoms with Crippen molar-refractivity contribution >= 4 is 45.6 Å². The van der Waals surface area contributed by atoms with Gasteiger partial charge in [-0.15, -0.1) is 11.3 Å². The minimum atomic E-state index is -0.325. The van der Waals surface area contributed by atoms with Gasteiger partial charge in [0.1, 0.15) is 5.75 Å². The van der Waals surface area contributed by atoms with E-state index >= 15 is 0 Å². The molecule has 5 rings (SSSR count). The fourth-order valence-electron chi connectivity index (χ4n) is 3.82. The predicted octanol–water partition coefficient (Wildman–Crippen LogP) is 6.08. The van der Waals surface area contributed by atoms with Crippen LogP contribution in [-0.2, 0) is 0 Å². The van der Waals surface area contributed by atoms with Crippen LogP contribution in [0.25, 0.3) is 21.7 Å². The molecule has 0 spiro atoms. The van der Waals surface area contributed by atoms with Crippen molar-refractivity contribution in [1.29, 1.82) is 0 Å². The summed E-state index contributed by atoms with van der Waals surface area (Å²) in [5, 5.41) is 10.3. The van der Waals surface area contributed by atoms with Gasteiger partial charge in [0.2, 0.25) is 0 Å². The molecule has 0 atom stereocenters. The van der Waals surface area contributed by atoms with Gasteiger partial charge in [0.25, 0.3) is 17.5 Å². The molecule has 0 saturated heterocycles. The number of methoxy groups -OCH3 is 1. The average molecular weight is 499 g/mol. The Hall–Kier alpha value is -4.50. The van der Waals surface area contributed by atoms with Gasteiger partial charge in [-0.25, -0.2) is 4.98 Å². The van der Waals surface area contributed by atoms with E-state index in [1.165, 1.54) is 0 Å². The van der Waals surface area contributed by atoms with Crippen LogP contribution >= 0.6 is 11.3 Å². The van der Waals surface area contributed by atoms with E-state index in [0.29, 0.717) is 50.7 Å². The van der Waals surface area contributed by atoms with Gasteiger partial charge in [0, 0.05) is 16.1 Å². The molecule has 3 aromatic heterocycles. The fourth-order valence-corrected chi connectivity index (χ4v) is 4.65. The third-order valence-corrected chi connectivity index (χ3v) is 6.64. The number of hydrogen-bond acceptors (Lipinski definition) is 7. The molecule has 5 aromatic rings. The first-order chi connectivity index (χ1) is 17.4. The summed E-state index contributed by atoms with van der Waals surface area (Å²) in [6, 6.07) is 19.5. The Morgan fingerprint density at radius 2 is 1.72 bits per heavy atom. The number of benzene rings is 2. The van der Waals surface area contributed by atoms with Crippen LogP contribution in [-0.4, -0.2) is 29.1 Å². The van der Waals surface area contributed by atoms with Crippen molar-refractivity contribution in [3.8, 4) is 16.3 Å². The van der Waals surface area contributed by atoms with Crippen LogP contribution in [0.5, 0.6) is 5.75 Å². The van der Waals surface area contributed by atoms with E-state index in [1.54, 1.807) is 67.8 Å². The largest absolute Gasteiger partial charge is 0.495 e. The predicted molar refractivity (Wildman–Crippen MR) is 140 cm³/mol. The summed E-state index contributed by atoms with van der Waals surface area (Å²) in [5.74, 6) is -0.0434. The van der Waals surface area contributed by atoms with Crippen molar-refractivity contribution in [3.05, 3.63) is 88.4 Å². The molecule has 2 amide bonds. The molecule has 0 saturated carbocycles. The summed E-state index contributed by atoms with van der Waals surface area (Å²) in [6.45, 7) is 3.79. The van der Waals surface area contributed by atoms with Gasteiger partial charge < -0.3 is 19.9 Å². The van der Waals surface area contributed by atoms with E-state index in [4.69, 9.17) is 9.26 Å². The average Bonchev–Trinajstić information content (AvgIpc) is 3.49. The van der Waals surface area contributed by atoms with Gasteiger partial charge in [0.15, 0.2) is 0 Å². The lowest BCUT2D eigenvalue weighted by Crippen LogP contribution is -2.14. The molecular weight excluding hydrogens is 476 g/mol. The highest BCUT2D eigenvalue weighted by Crippen LogP contribution is 2.31. The maximum atomic E-state index is 13.3. The topological polar surface area (TPSA) is 106 Å². The molecule has 0 bridgehead atoms. The standard InChI is InChI=1S/C27H22N4O4S/c1-15-8-13-23(36-15)21-14-19(24-16(2)31-35-27(24)30-21)26(33)28-18-11-9-17(10-12-18)25(32)29-20-6-4-5-7-22(20)34-3/h4-14H,1-3H3,(H,28,33)(H,29,32). The summed E-state index contributed by atoms with van der Waals surface area (Å²) in [6.07, 6.45) is 0. The van der Waals surface area contributed by atoms with Crippen LogP contribution in [0.3, 0.4) is 0 Å². The summed E-state index contributed by atoms with van der Waals surface area (Å²) in [5.41, 5.74) is 3.51. The Balaban J connectivity index is 1.38. The van der Waals surface area contributed by atoms with Crippen molar-refractivity contribution in [3.63, 3.8) is 0 Å². The first kappa shape index (κ1) is 23.3. The second-order valence-corrected chi connectivity index (χ2v) is 9.39. The second kappa shape index (κ2) is 9.63. The number of anilines is 2. The van der Waals surface area contributed by atoms with E-state index in [0.717, 1.165) is 9.75 Å². The molecule has 3 heterocycles. The number of fused-ring (bicyclic) bond motifs is 1. The number of aryl methyl sites for hydroxylation is 2. The number of hydrogen-bond donors (Lipinski definition) is 2. The molecule has 8 nitrogen and oxygen atoms in total. The summed E-state index contributed by atoms with van der Waals surface area (Å²) in [7, 11) is 1.55. The zero-order valence-electron chi connectivity index (χ0n) is 19.8. The summed E-state index contributed by atoms with van der Waals surface area (Å²) in [4.78, 5) is 32.6. The quantitative estimate of drug-likeness (QED) is 0.294. The lowest BCUT2D eigenvalue weighted by atomic mass is 10.1. The van der Waals surface area contributed by atoms with E-state index in [9.17, 15) is 9.59 Å². The van der Waals surface area contributed by atoms with Crippen LogP contribution in [0.15, 0.2) is 71.3 Å². The Labute approximate surface area is 210 Å². The normalized spacial score (nSPS) is 10.9. The third kappa shape index (κ3) is 4.56. The number of amides is 2. The first-order valence-corrected chi connectivity index (χ1v) is 11.9. The van der Waals surface area contributed by atoms with Crippen molar-refractivity contribution in [2.45, 2.75) is 13.8 Å². The smallest absolute Gasteiger partial charge is 0.259 e. The van der Waals surface area contributed by atoms with Crippen LogP contribution in [0.4, 0.5) is 11.4 Å². The van der Waals surface area contributed by atoms with E-state index in [-0.39, 0.29) is 11.8 Å². The first-order valence-electron chi connectivity index (χ1n) is 11.1. The molecule has 0 aliphatic rings. The summed E-state index contributed by atoms with van der Waals surface area (Å²) >= 11 is 1.59. The number of nitrogens with zero attached hydrogens (tertiary/aromatic N) is 2. The molecule has 9 heteroatoms. The molecule has 0 unspecified atom stereocenters. The number of ether oxygens (including phenoxy) is 1. The van der Waals surface area contributed by atoms with Crippen LogP contribution < -0.4 is 15.4 Å². The van der Waals surface area contributed by atoms with Crippen LogP contribution in [0.2, 0.25) is 0 Å². The zero-order chi connectivity index (χ0) is 25.2. The molecule has 0 radical (unpaired) electrons. The number of aromatic nitrogens is 2. The number of pyridine rings is 1. The van der Waals surface area contributed by atoms with Gasteiger partial charge in [-0.2, -0.15) is 0 Å². The minimum Gasteiger partial charge on any atom is -0.495 e. The number of rotatable bonds is 6. The van der Waals surface area contributed by atoms with Gasteiger partial charge >= 0.3 is 0 Å². The lowest BCUT2D eigenvalue weighted by molar-refractivity contribution is 0.102. The number of thiophene rings is 1. The van der Waals surface area contributed by atoms with Gasteiger partial charge in [0.05, 0.1) is 40.0 Å². The maximum Gasteiger partial charge on any atom is 0.259 e. The van der Waals surface area contributed by atoms with Crippen molar-refractivity contribution in [2.24, 2.45) is 0 Å². The van der Waals surface area contributed by atoms with Crippen molar-refractivity contribution in [1.82, 2.24) is 10.1 Å². The maximum absolute atomic E-state index is 13.3. The molecule has 180 valence electrons. The fraction of sp³-hybridized carbons (Fsp3) is 0.111.